The van der Waals surface area contributed by atoms with Crippen molar-refractivity contribution in [1.82, 2.24) is 5.32 Å². The molecule has 0 bridgehead atoms. The highest BCUT2D eigenvalue weighted by molar-refractivity contribution is 7.80. The van der Waals surface area contributed by atoms with Crippen LogP contribution < -0.4 is 11.1 Å². The zero-order chi connectivity index (χ0) is 11.6. The van der Waals surface area contributed by atoms with Crippen molar-refractivity contribution in [2.45, 2.75) is 57.4 Å². The molecule has 0 atom stereocenters. The summed E-state index contributed by atoms with van der Waals surface area (Å²) in [5.74, 6) is 0.0874. The lowest BCUT2D eigenvalue weighted by Crippen LogP contribution is -2.49. The highest BCUT2D eigenvalue weighted by Crippen LogP contribution is 2.39. The third-order valence-corrected chi connectivity index (χ3v) is 4.44. The fraction of sp³-hybridized carbons (Fsp3) is 0.833. The summed E-state index contributed by atoms with van der Waals surface area (Å²) >= 11 is 5.10. The van der Waals surface area contributed by atoms with Crippen molar-refractivity contribution in [3.63, 3.8) is 0 Å². The molecule has 0 unspecified atom stereocenters. The fourth-order valence-corrected chi connectivity index (χ4v) is 3.25. The van der Waals surface area contributed by atoms with Crippen molar-refractivity contribution in [2.75, 3.05) is 0 Å². The summed E-state index contributed by atoms with van der Waals surface area (Å²) in [6, 6.07) is 0.360. The topological polar surface area (TPSA) is 55.1 Å². The molecular weight excluding hydrogens is 220 g/mol. The van der Waals surface area contributed by atoms with Gasteiger partial charge in [0.2, 0.25) is 5.91 Å². The van der Waals surface area contributed by atoms with Gasteiger partial charge >= 0.3 is 0 Å². The van der Waals surface area contributed by atoms with Gasteiger partial charge in [-0.1, -0.05) is 37.9 Å². The van der Waals surface area contributed by atoms with Gasteiger partial charge in [0.25, 0.3) is 0 Å². The molecule has 0 aromatic carbocycles. The summed E-state index contributed by atoms with van der Waals surface area (Å²) in [7, 11) is 0. The number of rotatable bonds is 3. The van der Waals surface area contributed by atoms with Crippen molar-refractivity contribution < 1.29 is 4.79 Å². The van der Waals surface area contributed by atoms with Crippen molar-refractivity contribution >= 4 is 23.1 Å². The van der Waals surface area contributed by atoms with Gasteiger partial charge in [0, 0.05) is 6.04 Å². The first kappa shape index (κ1) is 11.8. The molecule has 1 amide bonds. The maximum atomic E-state index is 12.3. The third kappa shape index (κ3) is 2.08. The summed E-state index contributed by atoms with van der Waals surface area (Å²) in [5, 5.41) is 3.14. The van der Waals surface area contributed by atoms with Crippen LogP contribution in [0.5, 0.6) is 0 Å². The van der Waals surface area contributed by atoms with Crippen LogP contribution in [0, 0.1) is 5.41 Å². The van der Waals surface area contributed by atoms with Crippen LogP contribution in [0.1, 0.15) is 51.4 Å². The summed E-state index contributed by atoms with van der Waals surface area (Å²) < 4.78 is 0. The van der Waals surface area contributed by atoms with Gasteiger partial charge < -0.3 is 11.1 Å². The van der Waals surface area contributed by atoms with Crippen molar-refractivity contribution in [3.05, 3.63) is 0 Å². The third-order valence-electron chi connectivity index (χ3n) is 4.05. The number of nitrogens with two attached hydrogens (primary N) is 1. The lowest BCUT2D eigenvalue weighted by Gasteiger charge is -2.28. The van der Waals surface area contributed by atoms with Gasteiger partial charge in [-0.2, -0.15) is 0 Å². The van der Waals surface area contributed by atoms with Crippen molar-refractivity contribution in [1.29, 1.82) is 0 Å². The number of amides is 1. The first-order chi connectivity index (χ1) is 7.65. The predicted octanol–water partition coefficient (Wildman–Crippen LogP) is 1.89. The Balaban J connectivity index is 2.02. The Bertz CT molecular complexity index is 291. The molecule has 2 aliphatic carbocycles. The van der Waals surface area contributed by atoms with E-state index in [0.29, 0.717) is 11.0 Å². The van der Waals surface area contributed by atoms with Crippen LogP contribution in [0.25, 0.3) is 0 Å². The van der Waals surface area contributed by atoms with Gasteiger partial charge in [-0.05, 0) is 25.7 Å². The minimum atomic E-state index is -0.530. The summed E-state index contributed by atoms with van der Waals surface area (Å²) in [6.45, 7) is 0. The van der Waals surface area contributed by atoms with Crippen LogP contribution in [-0.2, 0) is 4.79 Å². The second-order valence-corrected chi connectivity index (χ2v) is 5.55. The second-order valence-electron chi connectivity index (χ2n) is 5.11. The highest BCUT2D eigenvalue weighted by Gasteiger charge is 2.44. The fourth-order valence-electron chi connectivity index (χ4n) is 2.96. The van der Waals surface area contributed by atoms with Gasteiger partial charge in [0.05, 0.1) is 10.4 Å². The molecule has 16 heavy (non-hydrogen) atoms. The minimum Gasteiger partial charge on any atom is -0.392 e. The molecule has 4 heteroatoms. The van der Waals surface area contributed by atoms with Crippen LogP contribution >= 0.6 is 12.2 Å². The number of carbonyl (C=O) groups is 1. The van der Waals surface area contributed by atoms with Gasteiger partial charge in [-0.25, -0.2) is 0 Å². The molecule has 0 spiro atoms. The van der Waals surface area contributed by atoms with E-state index in [1.165, 1.54) is 12.8 Å². The number of thiocarbonyl (C=S) groups is 1. The van der Waals surface area contributed by atoms with E-state index in [4.69, 9.17) is 18.0 Å². The smallest absolute Gasteiger partial charge is 0.233 e. The molecule has 0 aliphatic heterocycles. The van der Waals surface area contributed by atoms with E-state index in [1.807, 2.05) is 0 Å². The molecule has 3 nitrogen and oxygen atoms in total. The lowest BCUT2D eigenvalue weighted by atomic mass is 9.84. The van der Waals surface area contributed by atoms with Crippen LogP contribution in [-0.4, -0.2) is 16.9 Å². The summed E-state index contributed by atoms with van der Waals surface area (Å²) in [5.41, 5.74) is 5.25. The molecule has 2 fully saturated rings. The maximum absolute atomic E-state index is 12.3. The van der Waals surface area contributed by atoms with Gasteiger partial charge in [-0.3, -0.25) is 4.79 Å². The monoisotopic (exact) mass is 240 g/mol. The van der Waals surface area contributed by atoms with E-state index in [0.717, 1.165) is 38.5 Å². The maximum Gasteiger partial charge on any atom is 0.233 e. The minimum absolute atomic E-state index is 0.0874. The molecule has 90 valence electrons. The Morgan fingerprint density at radius 2 is 1.75 bits per heavy atom. The van der Waals surface area contributed by atoms with Crippen molar-refractivity contribution in [3.8, 4) is 0 Å². The van der Waals surface area contributed by atoms with E-state index < -0.39 is 5.41 Å². The molecule has 2 saturated carbocycles. The number of hydrogen-bond donors (Lipinski definition) is 2. The zero-order valence-electron chi connectivity index (χ0n) is 9.63. The second kappa shape index (κ2) is 4.70. The van der Waals surface area contributed by atoms with Gasteiger partial charge in [0.1, 0.15) is 0 Å². The number of hydrogen-bond acceptors (Lipinski definition) is 2. The van der Waals surface area contributed by atoms with E-state index >= 15 is 0 Å². The average molecular weight is 240 g/mol. The average Bonchev–Trinajstić information content (AvgIpc) is 2.87. The Labute approximate surface area is 102 Å². The first-order valence-electron chi connectivity index (χ1n) is 6.26. The van der Waals surface area contributed by atoms with Crippen LogP contribution in [0.3, 0.4) is 0 Å². The SMILES string of the molecule is NC(=S)C1(C(=O)NC2CCCC2)CCCC1. The largest absolute Gasteiger partial charge is 0.392 e. The van der Waals surface area contributed by atoms with E-state index in [2.05, 4.69) is 5.32 Å². The quantitative estimate of drug-likeness (QED) is 0.741. The molecule has 0 heterocycles. The Kier molecular flexibility index (Phi) is 3.47. The highest BCUT2D eigenvalue weighted by atomic mass is 32.1. The molecule has 0 radical (unpaired) electrons. The molecule has 3 N–H and O–H groups in total. The Hall–Kier alpha value is -0.640. The molecular formula is C12H20N2OS. The van der Waals surface area contributed by atoms with Crippen molar-refractivity contribution in [2.24, 2.45) is 11.1 Å². The van der Waals surface area contributed by atoms with Crippen LogP contribution in [0.4, 0.5) is 0 Å². The standard InChI is InChI=1S/C12H20N2OS/c13-10(16)12(7-3-4-8-12)11(15)14-9-5-1-2-6-9/h9H,1-8H2,(H2,13,16)(H,14,15). The normalized spacial score (nSPS) is 24.5. The molecule has 2 rings (SSSR count). The molecule has 2 aliphatic rings. The van der Waals surface area contributed by atoms with Crippen LogP contribution in [0.2, 0.25) is 0 Å². The molecule has 0 aromatic rings. The van der Waals surface area contributed by atoms with Crippen LogP contribution in [0.15, 0.2) is 0 Å². The summed E-state index contributed by atoms with van der Waals surface area (Å²) in [4.78, 5) is 12.7. The van der Waals surface area contributed by atoms with E-state index in [1.54, 1.807) is 0 Å². The molecule has 0 saturated heterocycles. The van der Waals surface area contributed by atoms with E-state index in [9.17, 15) is 4.79 Å². The van der Waals surface area contributed by atoms with E-state index in [-0.39, 0.29) is 5.91 Å². The van der Waals surface area contributed by atoms with Gasteiger partial charge in [-0.15, -0.1) is 0 Å². The predicted molar refractivity (Wildman–Crippen MR) is 68.1 cm³/mol. The Morgan fingerprint density at radius 1 is 1.19 bits per heavy atom. The Morgan fingerprint density at radius 3 is 2.25 bits per heavy atom. The lowest BCUT2D eigenvalue weighted by molar-refractivity contribution is -0.128. The zero-order valence-corrected chi connectivity index (χ0v) is 10.4. The van der Waals surface area contributed by atoms with Gasteiger partial charge in [0.15, 0.2) is 0 Å². The first-order valence-corrected chi connectivity index (χ1v) is 6.67. The number of carbonyl (C=O) groups excluding carboxylic acids is 1. The summed E-state index contributed by atoms with van der Waals surface area (Å²) in [6.07, 6.45) is 8.47. The number of nitrogens with one attached hydrogen (secondary N) is 1. The molecule has 0 aromatic heterocycles.